The number of ether oxygens (including phenoxy) is 1. The fourth-order valence-electron chi connectivity index (χ4n) is 5.15. The quantitative estimate of drug-likeness (QED) is 0.286. The second-order valence-corrected chi connectivity index (χ2v) is 10.4. The van der Waals surface area contributed by atoms with Gasteiger partial charge in [-0.25, -0.2) is 18.3 Å². The monoisotopic (exact) mass is 537 g/mol. The van der Waals surface area contributed by atoms with Gasteiger partial charge in [-0.2, -0.15) is 5.10 Å². The molecule has 1 fully saturated rings. The van der Waals surface area contributed by atoms with Crippen molar-refractivity contribution in [3.8, 4) is 17.0 Å². The number of likely N-dealkylation sites (tertiary alicyclic amines) is 1. The summed E-state index contributed by atoms with van der Waals surface area (Å²) in [5.74, 6) is -1.23. The molecule has 3 heterocycles. The van der Waals surface area contributed by atoms with Crippen molar-refractivity contribution in [1.29, 1.82) is 0 Å². The van der Waals surface area contributed by atoms with Crippen molar-refractivity contribution in [1.82, 2.24) is 24.6 Å². The summed E-state index contributed by atoms with van der Waals surface area (Å²) in [4.78, 5) is 31.6. The maximum atomic E-state index is 14.8. The number of aromatic nitrogens is 4. The highest BCUT2D eigenvalue weighted by molar-refractivity contribution is 5.75. The van der Waals surface area contributed by atoms with Crippen molar-refractivity contribution in [3.05, 3.63) is 80.5 Å². The molecule has 0 spiro atoms. The Morgan fingerprint density at radius 2 is 1.69 bits per heavy atom. The van der Waals surface area contributed by atoms with E-state index in [2.05, 4.69) is 27.0 Å². The first-order valence-electron chi connectivity index (χ1n) is 13.5. The summed E-state index contributed by atoms with van der Waals surface area (Å²) >= 11 is 0. The standard InChI is InChI=1S/C29H33F2N5O3/c1-35-12-10-19(11-13-35)5-3-2-4-14-39-28-22(30)16-21(17-23(28)31)24-8-9-27(37)36(34-24)18-20-6-7-25-26(15-20)33-29(38)32-25/h6-9,15-17,19H,2-5,10-14,18H2,1H3,(H2,32,33,38). The largest absolute Gasteiger partial charge is 0.488 e. The Labute approximate surface area is 224 Å². The Morgan fingerprint density at radius 3 is 2.46 bits per heavy atom. The summed E-state index contributed by atoms with van der Waals surface area (Å²) in [5.41, 5.74) is 1.77. The van der Waals surface area contributed by atoms with Gasteiger partial charge in [0.15, 0.2) is 17.4 Å². The van der Waals surface area contributed by atoms with Crippen LogP contribution in [0.1, 0.15) is 44.1 Å². The van der Waals surface area contributed by atoms with Crippen molar-refractivity contribution in [3.63, 3.8) is 0 Å². The Kier molecular flexibility index (Phi) is 8.21. The first-order valence-corrected chi connectivity index (χ1v) is 13.5. The zero-order chi connectivity index (χ0) is 27.4. The van der Waals surface area contributed by atoms with E-state index in [-0.39, 0.29) is 35.7 Å². The molecule has 0 radical (unpaired) electrons. The highest BCUT2D eigenvalue weighted by atomic mass is 19.1. The molecule has 1 aliphatic rings. The number of fused-ring (bicyclic) bond motifs is 1. The highest BCUT2D eigenvalue weighted by Crippen LogP contribution is 2.28. The van der Waals surface area contributed by atoms with Gasteiger partial charge in [0.1, 0.15) is 0 Å². The van der Waals surface area contributed by atoms with Crippen molar-refractivity contribution in [2.45, 2.75) is 45.1 Å². The van der Waals surface area contributed by atoms with Gasteiger partial charge < -0.3 is 19.6 Å². The number of unbranched alkanes of at least 4 members (excludes halogenated alkanes) is 2. The SMILES string of the molecule is CN1CCC(CCCCCOc2c(F)cc(-c3ccc(=O)n(Cc4ccc5[nH]c(=O)[nH]c5c4)n3)cc2F)CC1. The van der Waals surface area contributed by atoms with Crippen LogP contribution in [0.2, 0.25) is 0 Å². The molecule has 8 nitrogen and oxygen atoms in total. The Balaban J connectivity index is 1.19. The number of hydrogen-bond acceptors (Lipinski definition) is 5. The summed E-state index contributed by atoms with van der Waals surface area (Å²) in [7, 11) is 2.16. The van der Waals surface area contributed by atoms with Crippen LogP contribution in [0.15, 0.2) is 52.1 Å². The number of H-pyrrole nitrogens is 2. The van der Waals surface area contributed by atoms with Gasteiger partial charge in [-0.1, -0.05) is 25.3 Å². The number of rotatable bonds is 10. The number of halogens is 2. The average molecular weight is 538 g/mol. The summed E-state index contributed by atoms with van der Waals surface area (Å²) in [6, 6.07) is 10.3. The van der Waals surface area contributed by atoms with E-state index >= 15 is 0 Å². The van der Waals surface area contributed by atoms with Gasteiger partial charge in [-0.3, -0.25) is 4.79 Å². The normalized spacial score (nSPS) is 14.7. The van der Waals surface area contributed by atoms with Gasteiger partial charge in [0.05, 0.1) is 29.9 Å². The summed E-state index contributed by atoms with van der Waals surface area (Å²) in [6.45, 7) is 2.69. The number of hydrogen-bond donors (Lipinski definition) is 2. The van der Waals surface area contributed by atoms with Crippen molar-refractivity contribution < 1.29 is 13.5 Å². The molecule has 0 bridgehead atoms. The van der Waals surface area contributed by atoms with Crippen LogP contribution in [-0.4, -0.2) is 51.4 Å². The van der Waals surface area contributed by atoms with Crippen LogP contribution in [0, 0.1) is 17.6 Å². The van der Waals surface area contributed by atoms with E-state index in [4.69, 9.17) is 4.74 Å². The molecule has 0 saturated carbocycles. The third-order valence-corrected chi connectivity index (χ3v) is 7.41. The van der Waals surface area contributed by atoms with Gasteiger partial charge in [0.2, 0.25) is 0 Å². The minimum absolute atomic E-state index is 0.125. The molecule has 2 aromatic heterocycles. The fraction of sp³-hybridized carbons (Fsp3) is 0.414. The molecular weight excluding hydrogens is 504 g/mol. The molecule has 206 valence electrons. The average Bonchev–Trinajstić information content (AvgIpc) is 3.29. The Hall–Kier alpha value is -3.79. The van der Waals surface area contributed by atoms with E-state index in [0.717, 1.165) is 43.8 Å². The van der Waals surface area contributed by atoms with Crippen LogP contribution in [0.5, 0.6) is 5.75 Å². The Morgan fingerprint density at radius 1 is 0.949 bits per heavy atom. The van der Waals surface area contributed by atoms with Crippen molar-refractivity contribution >= 4 is 11.0 Å². The molecule has 0 amide bonds. The van der Waals surface area contributed by atoms with E-state index in [1.165, 1.54) is 48.2 Å². The lowest BCUT2D eigenvalue weighted by molar-refractivity contribution is 0.208. The molecule has 10 heteroatoms. The maximum absolute atomic E-state index is 14.8. The molecule has 0 aliphatic carbocycles. The number of benzene rings is 2. The van der Waals surface area contributed by atoms with E-state index in [9.17, 15) is 18.4 Å². The van der Waals surface area contributed by atoms with Crippen molar-refractivity contribution in [2.75, 3.05) is 26.7 Å². The number of piperidine rings is 1. The summed E-state index contributed by atoms with van der Waals surface area (Å²) < 4.78 is 36.3. The zero-order valence-electron chi connectivity index (χ0n) is 22.0. The molecule has 4 aromatic rings. The van der Waals surface area contributed by atoms with Crippen molar-refractivity contribution in [2.24, 2.45) is 5.92 Å². The third kappa shape index (κ3) is 6.62. The van der Waals surface area contributed by atoms with Crippen LogP contribution in [0.3, 0.4) is 0 Å². The van der Waals surface area contributed by atoms with E-state index < -0.39 is 17.4 Å². The molecular formula is C29H33F2N5O3. The summed E-state index contributed by atoms with van der Waals surface area (Å²) in [6.07, 6.45) is 6.48. The van der Waals surface area contributed by atoms with Gasteiger partial charge in [-0.15, -0.1) is 0 Å². The van der Waals surface area contributed by atoms with E-state index in [0.29, 0.717) is 11.0 Å². The van der Waals surface area contributed by atoms with Crippen LogP contribution in [0.4, 0.5) is 8.78 Å². The predicted molar refractivity (Wildman–Crippen MR) is 146 cm³/mol. The number of nitrogens with zero attached hydrogens (tertiary/aromatic N) is 3. The minimum Gasteiger partial charge on any atom is -0.488 e. The smallest absolute Gasteiger partial charge is 0.323 e. The van der Waals surface area contributed by atoms with Gasteiger partial charge in [0, 0.05) is 11.6 Å². The Bertz CT molecular complexity index is 1530. The van der Waals surface area contributed by atoms with E-state index in [1.807, 2.05) is 0 Å². The lowest BCUT2D eigenvalue weighted by atomic mass is 9.91. The molecule has 1 aliphatic heterocycles. The maximum Gasteiger partial charge on any atom is 0.323 e. The zero-order valence-corrected chi connectivity index (χ0v) is 22.0. The molecule has 0 unspecified atom stereocenters. The van der Waals surface area contributed by atoms with Crippen LogP contribution in [-0.2, 0) is 6.54 Å². The lowest BCUT2D eigenvalue weighted by Gasteiger charge is -2.28. The second kappa shape index (κ2) is 11.9. The molecule has 0 atom stereocenters. The lowest BCUT2D eigenvalue weighted by Crippen LogP contribution is -2.30. The number of nitrogens with one attached hydrogen (secondary N) is 2. The van der Waals surface area contributed by atoms with Gasteiger partial charge >= 0.3 is 5.69 Å². The topological polar surface area (TPSA) is 96.0 Å². The predicted octanol–water partition coefficient (Wildman–Crippen LogP) is 4.69. The number of imidazole rings is 1. The van der Waals surface area contributed by atoms with Crippen LogP contribution >= 0.6 is 0 Å². The highest BCUT2D eigenvalue weighted by Gasteiger charge is 2.17. The first-order chi connectivity index (χ1) is 18.9. The molecule has 2 aromatic carbocycles. The van der Waals surface area contributed by atoms with Crippen LogP contribution < -0.4 is 16.0 Å². The van der Waals surface area contributed by atoms with Crippen LogP contribution in [0.25, 0.3) is 22.3 Å². The van der Waals surface area contributed by atoms with E-state index in [1.54, 1.807) is 18.2 Å². The molecule has 1 saturated heterocycles. The third-order valence-electron chi connectivity index (χ3n) is 7.41. The first kappa shape index (κ1) is 26.8. The van der Waals surface area contributed by atoms with Gasteiger partial charge in [0.25, 0.3) is 5.56 Å². The fourth-order valence-corrected chi connectivity index (χ4v) is 5.15. The minimum atomic E-state index is -0.808. The summed E-state index contributed by atoms with van der Waals surface area (Å²) in [5, 5.41) is 4.32. The molecule has 2 N–H and O–H groups in total. The molecule has 39 heavy (non-hydrogen) atoms. The van der Waals surface area contributed by atoms with Gasteiger partial charge in [-0.05, 0) is 81.2 Å². The number of aromatic amines is 2. The second-order valence-electron chi connectivity index (χ2n) is 10.4. The molecule has 5 rings (SSSR count).